The Bertz CT molecular complexity index is 619. The number of furan rings is 1. The van der Waals surface area contributed by atoms with Crippen molar-refractivity contribution >= 4 is 17.5 Å². The van der Waals surface area contributed by atoms with Crippen LogP contribution in [-0.4, -0.2) is 11.8 Å². The van der Waals surface area contributed by atoms with Crippen molar-refractivity contribution in [1.29, 1.82) is 0 Å². The van der Waals surface area contributed by atoms with Crippen molar-refractivity contribution < 1.29 is 14.0 Å². The Labute approximate surface area is 109 Å². The van der Waals surface area contributed by atoms with Crippen molar-refractivity contribution in [2.45, 2.75) is 6.92 Å². The first-order valence-corrected chi connectivity index (χ1v) is 5.58. The number of anilines is 1. The minimum absolute atomic E-state index is 0.127. The van der Waals surface area contributed by atoms with Gasteiger partial charge in [-0.2, -0.15) is 0 Å². The van der Waals surface area contributed by atoms with Gasteiger partial charge in [0.15, 0.2) is 5.76 Å². The second-order valence-electron chi connectivity index (χ2n) is 3.90. The normalized spacial score (nSPS) is 10.0. The second-order valence-corrected chi connectivity index (χ2v) is 3.90. The Morgan fingerprint density at radius 3 is 2.74 bits per heavy atom. The van der Waals surface area contributed by atoms with E-state index in [1.807, 2.05) is 11.5 Å². The number of amides is 2. The first-order chi connectivity index (χ1) is 9.11. The van der Waals surface area contributed by atoms with Crippen LogP contribution in [0.5, 0.6) is 0 Å². The number of rotatable bonds is 3. The van der Waals surface area contributed by atoms with E-state index in [2.05, 4.69) is 5.32 Å². The average molecular weight is 259 g/mol. The first kappa shape index (κ1) is 12.8. The molecular weight excluding hydrogens is 246 g/mol. The fraction of sp³-hybridized carbons (Fsp3) is 0.0769. The van der Waals surface area contributed by atoms with E-state index in [0.29, 0.717) is 11.3 Å². The van der Waals surface area contributed by atoms with Gasteiger partial charge in [0.05, 0.1) is 6.26 Å². The van der Waals surface area contributed by atoms with Crippen LogP contribution in [0.3, 0.4) is 0 Å². The molecule has 2 amide bonds. The standard InChI is InChI=1S/C13H13N3O3/c1-8(17)15-10-4-2-3-9(7-10)11-5-6-19-12(11)13(18)16-14/h2-7H,14H2,1H3,(H,15,17)(H,16,18). The molecule has 0 saturated carbocycles. The van der Waals surface area contributed by atoms with Gasteiger partial charge >= 0.3 is 5.91 Å². The maximum absolute atomic E-state index is 11.5. The molecule has 98 valence electrons. The molecule has 0 fully saturated rings. The van der Waals surface area contributed by atoms with Crippen molar-refractivity contribution in [1.82, 2.24) is 5.43 Å². The maximum atomic E-state index is 11.5. The molecule has 6 heteroatoms. The summed E-state index contributed by atoms with van der Waals surface area (Å²) in [6, 6.07) is 8.76. The van der Waals surface area contributed by atoms with Crippen LogP contribution in [0.15, 0.2) is 41.0 Å². The molecule has 19 heavy (non-hydrogen) atoms. The Hall–Kier alpha value is -2.60. The number of nitrogens with two attached hydrogens (primary N) is 1. The number of hydrazine groups is 1. The molecular formula is C13H13N3O3. The summed E-state index contributed by atoms with van der Waals surface area (Å²) in [4.78, 5) is 22.6. The Balaban J connectivity index is 2.39. The molecule has 1 heterocycles. The zero-order valence-corrected chi connectivity index (χ0v) is 10.3. The molecule has 0 unspecified atom stereocenters. The fourth-order valence-electron chi connectivity index (χ4n) is 1.75. The average Bonchev–Trinajstić information content (AvgIpc) is 2.86. The highest BCUT2D eigenvalue weighted by Gasteiger charge is 2.15. The molecule has 2 rings (SSSR count). The highest BCUT2D eigenvalue weighted by atomic mass is 16.3. The summed E-state index contributed by atoms with van der Waals surface area (Å²) in [7, 11) is 0. The smallest absolute Gasteiger partial charge is 0.301 e. The largest absolute Gasteiger partial charge is 0.458 e. The van der Waals surface area contributed by atoms with Crippen LogP contribution >= 0.6 is 0 Å². The van der Waals surface area contributed by atoms with Crippen molar-refractivity contribution in [2.75, 3.05) is 5.32 Å². The molecule has 6 nitrogen and oxygen atoms in total. The van der Waals surface area contributed by atoms with Crippen LogP contribution in [-0.2, 0) is 4.79 Å². The molecule has 1 aromatic heterocycles. The zero-order valence-electron chi connectivity index (χ0n) is 10.3. The second kappa shape index (κ2) is 5.36. The van der Waals surface area contributed by atoms with Gasteiger partial charge in [-0.05, 0) is 23.8 Å². The van der Waals surface area contributed by atoms with Crippen LogP contribution in [0.25, 0.3) is 11.1 Å². The van der Waals surface area contributed by atoms with Crippen LogP contribution < -0.4 is 16.6 Å². The molecule has 0 atom stereocenters. The number of benzene rings is 1. The summed E-state index contributed by atoms with van der Waals surface area (Å²) < 4.78 is 5.11. The third kappa shape index (κ3) is 2.80. The van der Waals surface area contributed by atoms with Crippen LogP contribution in [0.1, 0.15) is 17.5 Å². The lowest BCUT2D eigenvalue weighted by Gasteiger charge is -2.05. The predicted molar refractivity (Wildman–Crippen MR) is 70.1 cm³/mol. The number of nitrogens with one attached hydrogen (secondary N) is 2. The third-order valence-electron chi connectivity index (χ3n) is 2.50. The molecule has 0 spiro atoms. The highest BCUT2D eigenvalue weighted by Crippen LogP contribution is 2.27. The predicted octanol–water partition coefficient (Wildman–Crippen LogP) is 1.51. The minimum atomic E-state index is -0.509. The first-order valence-electron chi connectivity index (χ1n) is 5.58. The van der Waals surface area contributed by atoms with E-state index >= 15 is 0 Å². The molecule has 2 aromatic rings. The SMILES string of the molecule is CC(=O)Nc1cccc(-c2ccoc2C(=O)NN)c1. The lowest BCUT2D eigenvalue weighted by Crippen LogP contribution is -2.29. The van der Waals surface area contributed by atoms with Gasteiger partial charge < -0.3 is 9.73 Å². The lowest BCUT2D eigenvalue weighted by atomic mass is 10.1. The number of carbonyl (C=O) groups is 2. The van der Waals surface area contributed by atoms with Gasteiger partial charge in [0, 0.05) is 18.2 Å². The fourth-order valence-corrected chi connectivity index (χ4v) is 1.75. The summed E-state index contributed by atoms with van der Waals surface area (Å²) in [5.41, 5.74) is 4.02. The van der Waals surface area contributed by atoms with Crippen molar-refractivity contribution in [2.24, 2.45) is 5.84 Å². The number of nitrogen functional groups attached to an aromatic ring is 1. The minimum Gasteiger partial charge on any atom is -0.458 e. The van der Waals surface area contributed by atoms with Gasteiger partial charge in [-0.15, -0.1) is 0 Å². The van der Waals surface area contributed by atoms with E-state index in [1.54, 1.807) is 24.3 Å². The third-order valence-corrected chi connectivity index (χ3v) is 2.50. The van der Waals surface area contributed by atoms with Crippen molar-refractivity contribution in [3.05, 3.63) is 42.4 Å². The summed E-state index contributed by atoms with van der Waals surface area (Å²) in [5.74, 6) is 4.54. The molecule has 0 radical (unpaired) electrons. The monoisotopic (exact) mass is 259 g/mol. The Morgan fingerprint density at radius 1 is 1.26 bits per heavy atom. The van der Waals surface area contributed by atoms with Crippen LogP contribution in [0.2, 0.25) is 0 Å². The maximum Gasteiger partial charge on any atom is 0.301 e. The molecule has 0 aliphatic rings. The molecule has 0 aliphatic heterocycles. The van der Waals surface area contributed by atoms with Gasteiger partial charge in [-0.1, -0.05) is 12.1 Å². The van der Waals surface area contributed by atoms with Gasteiger partial charge in [0.25, 0.3) is 0 Å². The topological polar surface area (TPSA) is 97.4 Å². The van der Waals surface area contributed by atoms with E-state index < -0.39 is 5.91 Å². The molecule has 1 aromatic carbocycles. The zero-order chi connectivity index (χ0) is 13.8. The lowest BCUT2D eigenvalue weighted by molar-refractivity contribution is -0.114. The van der Waals surface area contributed by atoms with Crippen molar-refractivity contribution in [3.8, 4) is 11.1 Å². The van der Waals surface area contributed by atoms with Gasteiger partial charge in [0.1, 0.15) is 0 Å². The van der Waals surface area contributed by atoms with Crippen LogP contribution in [0, 0.1) is 0 Å². The summed E-state index contributed by atoms with van der Waals surface area (Å²) in [6.07, 6.45) is 1.41. The van der Waals surface area contributed by atoms with E-state index in [0.717, 1.165) is 5.56 Å². The summed E-state index contributed by atoms with van der Waals surface area (Å²) in [6.45, 7) is 1.43. The van der Waals surface area contributed by atoms with E-state index in [9.17, 15) is 9.59 Å². The number of carbonyl (C=O) groups excluding carboxylic acids is 2. The Kier molecular flexibility index (Phi) is 3.63. The summed E-state index contributed by atoms with van der Waals surface area (Å²) in [5, 5.41) is 2.68. The van der Waals surface area contributed by atoms with Gasteiger partial charge in [-0.25, -0.2) is 5.84 Å². The van der Waals surface area contributed by atoms with Crippen molar-refractivity contribution in [3.63, 3.8) is 0 Å². The number of hydrogen-bond donors (Lipinski definition) is 3. The molecule has 0 bridgehead atoms. The molecule has 0 saturated heterocycles. The molecule has 0 aliphatic carbocycles. The highest BCUT2D eigenvalue weighted by molar-refractivity contribution is 5.98. The van der Waals surface area contributed by atoms with Gasteiger partial charge in [0.2, 0.25) is 5.91 Å². The molecule has 4 N–H and O–H groups in total. The van der Waals surface area contributed by atoms with E-state index in [1.165, 1.54) is 13.2 Å². The van der Waals surface area contributed by atoms with E-state index in [4.69, 9.17) is 10.3 Å². The summed E-state index contributed by atoms with van der Waals surface area (Å²) >= 11 is 0. The number of hydrogen-bond acceptors (Lipinski definition) is 4. The quantitative estimate of drug-likeness (QED) is 0.442. The Morgan fingerprint density at radius 2 is 2.05 bits per heavy atom. The van der Waals surface area contributed by atoms with Crippen LogP contribution in [0.4, 0.5) is 5.69 Å². The van der Waals surface area contributed by atoms with E-state index in [-0.39, 0.29) is 11.7 Å². The van der Waals surface area contributed by atoms with Gasteiger partial charge in [-0.3, -0.25) is 15.0 Å².